The highest BCUT2D eigenvalue weighted by Gasteiger charge is 2.71. The predicted octanol–water partition coefficient (Wildman–Crippen LogP) is 3.71. The normalized spacial score (nSPS) is 17.2. The molecule has 1 aromatic rings. The number of likely N-dealkylation sites (tertiary alicyclic amines) is 1. The molecule has 0 spiro atoms. The smallest absolute Gasteiger partial charge is 0.430 e. The van der Waals surface area contributed by atoms with Gasteiger partial charge in [0.05, 0.1) is 6.61 Å². The van der Waals surface area contributed by atoms with Crippen LogP contribution in [-0.4, -0.2) is 54.2 Å². The fourth-order valence-electron chi connectivity index (χ4n) is 3.17. The lowest BCUT2D eigenvalue weighted by molar-refractivity contribution is -0.376. The van der Waals surface area contributed by atoms with Crippen LogP contribution in [0.1, 0.15) is 30.9 Å². The molecule has 1 aliphatic heterocycles. The lowest BCUT2D eigenvalue weighted by atomic mass is 9.91. The average molecular weight is 428 g/mol. The molecule has 0 aromatic heterocycles. The maximum atomic E-state index is 12.9. The first-order valence-corrected chi connectivity index (χ1v) is 8.99. The maximum absolute atomic E-state index is 12.9. The Kier molecular flexibility index (Phi) is 7.05. The molecule has 2 rings (SSSR count). The van der Waals surface area contributed by atoms with Gasteiger partial charge < -0.3 is 15.2 Å². The van der Waals surface area contributed by atoms with Crippen LogP contribution >= 0.6 is 0 Å². The number of rotatable bonds is 5. The number of hydrogen-bond acceptors (Lipinski definition) is 4. The molecular weight excluding hydrogens is 406 g/mol. The number of alkyl carbamates (subject to hydrolysis) is 1. The zero-order valence-corrected chi connectivity index (χ0v) is 15.6. The number of nitrogens with zero attached hydrogens (tertiary/aromatic N) is 1. The number of hydrogen-bond donors (Lipinski definition) is 2. The Morgan fingerprint density at radius 1 is 1.10 bits per heavy atom. The van der Waals surface area contributed by atoms with E-state index in [1.807, 2.05) is 4.90 Å². The van der Waals surface area contributed by atoms with Gasteiger partial charge in [0.1, 0.15) is 0 Å². The first-order valence-electron chi connectivity index (χ1n) is 8.99. The third-order valence-corrected chi connectivity index (χ3v) is 4.78. The number of alkyl halides is 6. The van der Waals surface area contributed by atoms with Crippen molar-refractivity contribution in [2.75, 3.05) is 19.7 Å². The molecule has 0 aliphatic carbocycles. The predicted molar refractivity (Wildman–Crippen MR) is 90.9 cm³/mol. The van der Waals surface area contributed by atoms with Crippen LogP contribution in [-0.2, 0) is 16.9 Å². The van der Waals surface area contributed by atoms with Crippen LogP contribution in [0.25, 0.3) is 0 Å². The van der Waals surface area contributed by atoms with E-state index in [0.29, 0.717) is 50.2 Å². The van der Waals surface area contributed by atoms with E-state index in [-0.39, 0.29) is 12.6 Å². The fourth-order valence-corrected chi connectivity index (χ4v) is 3.17. The van der Waals surface area contributed by atoms with E-state index in [1.54, 1.807) is 6.92 Å². The molecule has 1 fully saturated rings. The summed E-state index contributed by atoms with van der Waals surface area (Å²) in [5, 5.41) is 12.1. The zero-order chi connectivity index (χ0) is 21.9. The molecule has 1 aliphatic rings. The SMILES string of the molecule is CCOC(=O)NC1CCN(Cc2ccc(C(O)(C(F)(F)F)C(F)(F)F)cc2)CC1. The van der Waals surface area contributed by atoms with Crippen molar-refractivity contribution in [2.24, 2.45) is 0 Å². The van der Waals surface area contributed by atoms with Gasteiger partial charge in [-0.1, -0.05) is 24.3 Å². The van der Waals surface area contributed by atoms with E-state index in [4.69, 9.17) is 4.74 Å². The molecule has 29 heavy (non-hydrogen) atoms. The highest BCUT2D eigenvalue weighted by atomic mass is 19.4. The van der Waals surface area contributed by atoms with Gasteiger partial charge in [0.25, 0.3) is 5.60 Å². The summed E-state index contributed by atoms with van der Waals surface area (Å²) in [7, 11) is 0. The average Bonchev–Trinajstić information content (AvgIpc) is 2.61. The number of piperidine rings is 1. The molecule has 1 saturated heterocycles. The molecule has 0 atom stereocenters. The Hall–Kier alpha value is -2.01. The van der Waals surface area contributed by atoms with Crippen molar-refractivity contribution in [3.05, 3.63) is 35.4 Å². The van der Waals surface area contributed by atoms with Gasteiger partial charge in [-0.2, -0.15) is 26.3 Å². The summed E-state index contributed by atoms with van der Waals surface area (Å²) in [5.74, 6) is 0. The number of halogens is 6. The van der Waals surface area contributed by atoms with Crippen LogP contribution in [0.5, 0.6) is 0 Å². The lowest BCUT2D eigenvalue weighted by Crippen LogP contribution is -2.53. The molecular formula is C18H22F6N2O3. The molecule has 0 radical (unpaired) electrons. The summed E-state index contributed by atoms with van der Waals surface area (Å²) in [5.41, 5.74) is -5.69. The van der Waals surface area contributed by atoms with E-state index < -0.39 is 29.6 Å². The van der Waals surface area contributed by atoms with Crippen molar-refractivity contribution in [1.29, 1.82) is 0 Å². The standard InChI is InChI=1S/C18H22F6N2O3/c1-2-29-15(27)25-14-7-9-26(10-8-14)11-12-3-5-13(6-4-12)16(28,17(19,20)21)18(22,23)24/h3-6,14,28H,2,7-11H2,1H3,(H,25,27). The first kappa shape index (κ1) is 23.3. The second-order valence-electron chi connectivity index (χ2n) is 6.82. The molecule has 11 heteroatoms. The highest BCUT2D eigenvalue weighted by Crippen LogP contribution is 2.49. The van der Waals surface area contributed by atoms with Gasteiger partial charge in [-0.25, -0.2) is 4.79 Å². The van der Waals surface area contributed by atoms with Gasteiger partial charge in [-0.15, -0.1) is 0 Å². The molecule has 0 bridgehead atoms. The van der Waals surface area contributed by atoms with Crippen LogP contribution < -0.4 is 5.32 Å². The molecule has 1 amide bonds. The number of benzene rings is 1. The van der Waals surface area contributed by atoms with E-state index in [1.165, 1.54) is 0 Å². The second kappa shape index (κ2) is 8.78. The summed E-state index contributed by atoms with van der Waals surface area (Å²) < 4.78 is 82.3. The van der Waals surface area contributed by atoms with Crippen LogP contribution in [0.3, 0.4) is 0 Å². The monoisotopic (exact) mass is 428 g/mol. The van der Waals surface area contributed by atoms with E-state index in [9.17, 15) is 36.2 Å². The summed E-state index contributed by atoms with van der Waals surface area (Å²) >= 11 is 0. The van der Waals surface area contributed by atoms with Crippen molar-refractivity contribution in [3.63, 3.8) is 0 Å². The largest absolute Gasteiger partial charge is 0.450 e. The third kappa shape index (κ3) is 5.33. The molecule has 5 nitrogen and oxygen atoms in total. The molecule has 1 heterocycles. The van der Waals surface area contributed by atoms with E-state index >= 15 is 0 Å². The van der Waals surface area contributed by atoms with Crippen LogP contribution in [0.15, 0.2) is 24.3 Å². The van der Waals surface area contributed by atoms with Crippen molar-refractivity contribution >= 4 is 6.09 Å². The number of ether oxygens (including phenoxy) is 1. The number of carbonyl (C=O) groups is 1. The number of amides is 1. The van der Waals surface area contributed by atoms with Gasteiger partial charge in [0.2, 0.25) is 0 Å². The van der Waals surface area contributed by atoms with Crippen LogP contribution in [0, 0.1) is 0 Å². The second-order valence-corrected chi connectivity index (χ2v) is 6.82. The topological polar surface area (TPSA) is 61.8 Å². The van der Waals surface area contributed by atoms with Crippen molar-refractivity contribution in [1.82, 2.24) is 10.2 Å². The number of carbonyl (C=O) groups excluding carboxylic acids is 1. The van der Waals surface area contributed by atoms with E-state index in [0.717, 1.165) is 12.1 Å². The summed E-state index contributed by atoms with van der Waals surface area (Å²) in [6.07, 6.45) is -11.0. The lowest BCUT2D eigenvalue weighted by Gasteiger charge is -2.33. The van der Waals surface area contributed by atoms with Gasteiger partial charge in [0, 0.05) is 31.2 Å². The van der Waals surface area contributed by atoms with E-state index in [2.05, 4.69) is 5.32 Å². The number of nitrogens with one attached hydrogen (secondary N) is 1. The quantitative estimate of drug-likeness (QED) is 0.702. The fraction of sp³-hybridized carbons (Fsp3) is 0.611. The van der Waals surface area contributed by atoms with Gasteiger partial charge >= 0.3 is 18.4 Å². The molecule has 164 valence electrons. The third-order valence-electron chi connectivity index (χ3n) is 4.78. The van der Waals surface area contributed by atoms with Gasteiger partial charge in [-0.05, 0) is 25.3 Å². The van der Waals surface area contributed by atoms with Crippen LogP contribution in [0.2, 0.25) is 0 Å². The summed E-state index contributed by atoms with van der Waals surface area (Å²) in [6, 6.07) is 3.51. The Morgan fingerprint density at radius 3 is 2.07 bits per heavy atom. The Bertz CT molecular complexity index is 668. The van der Waals surface area contributed by atoms with Gasteiger partial charge in [0.15, 0.2) is 0 Å². The minimum Gasteiger partial charge on any atom is -0.450 e. The Morgan fingerprint density at radius 2 is 1.62 bits per heavy atom. The molecule has 2 N–H and O–H groups in total. The highest BCUT2D eigenvalue weighted by molar-refractivity contribution is 5.67. The number of aliphatic hydroxyl groups is 1. The van der Waals surface area contributed by atoms with Crippen molar-refractivity contribution in [2.45, 2.75) is 50.3 Å². The molecule has 0 unspecified atom stereocenters. The first-order chi connectivity index (χ1) is 13.4. The zero-order valence-electron chi connectivity index (χ0n) is 15.6. The maximum Gasteiger partial charge on any atom is 0.430 e. The van der Waals surface area contributed by atoms with Crippen molar-refractivity contribution < 1.29 is 41.0 Å². The summed E-state index contributed by atoms with van der Waals surface area (Å²) in [4.78, 5) is 13.4. The van der Waals surface area contributed by atoms with Crippen molar-refractivity contribution in [3.8, 4) is 0 Å². The Labute approximate surface area is 163 Å². The Balaban J connectivity index is 1.99. The van der Waals surface area contributed by atoms with Gasteiger partial charge in [-0.3, -0.25) is 4.90 Å². The molecule has 0 saturated carbocycles. The minimum atomic E-state index is -5.90. The molecule has 1 aromatic carbocycles. The van der Waals surface area contributed by atoms with Crippen LogP contribution in [0.4, 0.5) is 31.1 Å². The summed E-state index contributed by atoms with van der Waals surface area (Å²) in [6.45, 7) is 3.46. The minimum absolute atomic E-state index is 0.0544.